The number of amides is 3. The molecule has 0 spiro atoms. The SMILES string of the molecule is CCC(=O)NC(C)N1C(=O)c2ccccc2C1=O. The summed E-state index contributed by atoms with van der Waals surface area (Å²) in [4.78, 5) is 36.5. The maximum atomic E-state index is 12.1. The Morgan fingerprint density at radius 2 is 1.72 bits per heavy atom. The predicted molar refractivity (Wildman–Crippen MR) is 64.8 cm³/mol. The van der Waals surface area contributed by atoms with Gasteiger partial charge in [0.05, 0.1) is 11.1 Å². The number of nitrogens with zero attached hydrogens (tertiary/aromatic N) is 1. The van der Waals surface area contributed by atoms with Crippen molar-refractivity contribution in [1.29, 1.82) is 0 Å². The number of rotatable bonds is 3. The standard InChI is InChI=1S/C13H14N2O3/c1-3-11(16)14-8(2)15-12(17)9-6-4-5-7-10(9)13(15)18/h4-8H,3H2,1-2H3,(H,14,16). The second-order valence-electron chi connectivity index (χ2n) is 4.12. The number of nitrogens with one attached hydrogen (secondary N) is 1. The van der Waals surface area contributed by atoms with Crippen molar-refractivity contribution in [2.75, 3.05) is 0 Å². The van der Waals surface area contributed by atoms with E-state index in [1.54, 1.807) is 38.1 Å². The molecule has 0 bridgehead atoms. The summed E-state index contributed by atoms with van der Waals surface area (Å²) in [6.07, 6.45) is -0.321. The Kier molecular flexibility index (Phi) is 3.14. The molecule has 0 fully saturated rings. The molecule has 1 heterocycles. The van der Waals surface area contributed by atoms with E-state index in [-0.39, 0.29) is 17.7 Å². The molecule has 0 aromatic heterocycles. The number of fused-ring (bicyclic) bond motifs is 1. The Morgan fingerprint density at radius 1 is 1.22 bits per heavy atom. The van der Waals surface area contributed by atoms with Crippen LogP contribution in [0.5, 0.6) is 0 Å². The highest BCUT2D eigenvalue weighted by Gasteiger charge is 2.38. The van der Waals surface area contributed by atoms with Crippen molar-refractivity contribution in [3.8, 4) is 0 Å². The first-order valence-corrected chi connectivity index (χ1v) is 5.82. The topological polar surface area (TPSA) is 66.5 Å². The van der Waals surface area contributed by atoms with Gasteiger partial charge in [-0.2, -0.15) is 0 Å². The van der Waals surface area contributed by atoms with Crippen LogP contribution in [0.15, 0.2) is 24.3 Å². The quantitative estimate of drug-likeness (QED) is 0.814. The van der Waals surface area contributed by atoms with Gasteiger partial charge in [-0.1, -0.05) is 19.1 Å². The van der Waals surface area contributed by atoms with Gasteiger partial charge in [-0.25, -0.2) is 0 Å². The highest BCUT2D eigenvalue weighted by atomic mass is 16.2. The first kappa shape index (κ1) is 12.3. The molecule has 1 unspecified atom stereocenters. The zero-order valence-corrected chi connectivity index (χ0v) is 10.3. The third-order valence-corrected chi connectivity index (χ3v) is 2.90. The zero-order chi connectivity index (χ0) is 13.3. The van der Waals surface area contributed by atoms with E-state index in [0.717, 1.165) is 4.90 Å². The molecular formula is C13H14N2O3. The van der Waals surface area contributed by atoms with E-state index >= 15 is 0 Å². The van der Waals surface area contributed by atoms with E-state index in [0.29, 0.717) is 17.5 Å². The van der Waals surface area contributed by atoms with Crippen LogP contribution in [0.4, 0.5) is 0 Å². The van der Waals surface area contributed by atoms with Gasteiger partial charge >= 0.3 is 0 Å². The molecule has 1 aliphatic heterocycles. The minimum Gasteiger partial charge on any atom is -0.336 e. The smallest absolute Gasteiger partial charge is 0.263 e. The minimum atomic E-state index is -0.634. The molecule has 1 N–H and O–H groups in total. The molecule has 0 saturated heterocycles. The third kappa shape index (κ3) is 1.88. The van der Waals surface area contributed by atoms with E-state index in [1.165, 1.54) is 0 Å². The van der Waals surface area contributed by atoms with Crippen LogP contribution in [0.2, 0.25) is 0 Å². The van der Waals surface area contributed by atoms with Crippen LogP contribution in [0.25, 0.3) is 0 Å². The zero-order valence-electron chi connectivity index (χ0n) is 10.3. The molecule has 1 atom stereocenters. The fourth-order valence-corrected chi connectivity index (χ4v) is 1.96. The van der Waals surface area contributed by atoms with Crippen LogP contribution >= 0.6 is 0 Å². The molecule has 0 aliphatic carbocycles. The summed E-state index contributed by atoms with van der Waals surface area (Å²) in [7, 11) is 0. The lowest BCUT2D eigenvalue weighted by Gasteiger charge is -2.23. The maximum Gasteiger partial charge on any atom is 0.263 e. The molecule has 1 aromatic carbocycles. The first-order chi connectivity index (χ1) is 8.56. The largest absolute Gasteiger partial charge is 0.336 e. The van der Waals surface area contributed by atoms with Gasteiger partial charge in [0.15, 0.2) is 0 Å². The van der Waals surface area contributed by atoms with Crippen molar-refractivity contribution in [3.05, 3.63) is 35.4 Å². The average Bonchev–Trinajstić information content (AvgIpc) is 2.62. The summed E-state index contributed by atoms with van der Waals surface area (Å²) in [5.74, 6) is -0.918. The highest BCUT2D eigenvalue weighted by molar-refractivity contribution is 6.21. The molecule has 94 valence electrons. The Bertz CT molecular complexity index is 490. The molecule has 1 aromatic rings. The summed E-state index contributed by atoms with van der Waals surface area (Å²) >= 11 is 0. The third-order valence-electron chi connectivity index (χ3n) is 2.90. The molecule has 0 saturated carbocycles. The number of carbonyl (C=O) groups excluding carboxylic acids is 3. The lowest BCUT2D eigenvalue weighted by molar-refractivity contribution is -0.122. The van der Waals surface area contributed by atoms with Crippen molar-refractivity contribution in [3.63, 3.8) is 0 Å². The number of carbonyl (C=O) groups is 3. The summed E-state index contributed by atoms with van der Waals surface area (Å²) in [5.41, 5.74) is 0.778. The monoisotopic (exact) mass is 246 g/mol. The van der Waals surface area contributed by atoms with Crippen molar-refractivity contribution in [2.24, 2.45) is 0 Å². The average molecular weight is 246 g/mol. The summed E-state index contributed by atoms with van der Waals surface area (Å²) in [6.45, 7) is 3.33. The fraction of sp³-hybridized carbons (Fsp3) is 0.308. The number of benzene rings is 1. The molecule has 5 heteroatoms. The van der Waals surface area contributed by atoms with Gasteiger partial charge in [-0.3, -0.25) is 19.3 Å². The number of hydrogen-bond donors (Lipinski definition) is 1. The highest BCUT2D eigenvalue weighted by Crippen LogP contribution is 2.23. The molecule has 2 rings (SSSR count). The van der Waals surface area contributed by atoms with Gasteiger partial charge in [-0.15, -0.1) is 0 Å². The summed E-state index contributed by atoms with van der Waals surface area (Å²) < 4.78 is 0. The van der Waals surface area contributed by atoms with E-state index in [9.17, 15) is 14.4 Å². The van der Waals surface area contributed by atoms with Crippen LogP contribution in [-0.2, 0) is 4.79 Å². The van der Waals surface area contributed by atoms with E-state index in [1.807, 2.05) is 0 Å². The van der Waals surface area contributed by atoms with E-state index in [2.05, 4.69) is 5.32 Å². The number of hydrogen-bond acceptors (Lipinski definition) is 3. The molecule has 5 nitrogen and oxygen atoms in total. The van der Waals surface area contributed by atoms with Gasteiger partial charge in [0.25, 0.3) is 11.8 Å². The van der Waals surface area contributed by atoms with Gasteiger partial charge in [-0.05, 0) is 19.1 Å². The second kappa shape index (κ2) is 4.60. The lowest BCUT2D eigenvalue weighted by Crippen LogP contribution is -2.48. The van der Waals surface area contributed by atoms with Crippen LogP contribution in [0.1, 0.15) is 41.0 Å². The van der Waals surface area contributed by atoms with Crippen molar-refractivity contribution in [2.45, 2.75) is 26.4 Å². The van der Waals surface area contributed by atoms with Gasteiger partial charge in [0.2, 0.25) is 5.91 Å². The van der Waals surface area contributed by atoms with Gasteiger partial charge in [0, 0.05) is 6.42 Å². The molecule has 1 aliphatic rings. The summed E-state index contributed by atoms with van der Waals surface area (Å²) in [5, 5.41) is 2.61. The van der Waals surface area contributed by atoms with Crippen LogP contribution < -0.4 is 5.32 Å². The maximum absolute atomic E-state index is 12.1. The molecule has 18 heavy (non-hydrogen) atoms. The second-order valence-corrected chi connectivity index (χ2v) is 4.12. The van der Waals surface area contributed by atoms with Gasteiger partial charge < -0.3 is 5.32 Å². The van der Waals surface area contributed by atoms with E-state index < -0.39 is 6.17 Å². The lowest BCUT2D eigenvalue weighted by atomic mass is 10.1. The fourth-order valence-electron chi connectivity index (χ4n) is 1.96. The number of imide groups is 1. The van der Waals surface area contributed by atoms with Crippen molar-refractivity contribution in [1.82, 2.24) is 10.2 Å². The van der Waals surface area contributed by atoms with E-state index in [4.69, 9.17) is 0 Å². The molecule has 0 radical (unpaired) electrons. The first-order valence-electron chi connectivity index (χ1n) is 5.82. The van der Waals surface area contributed by atoms with Crippen LogP contribution in [-0.4, -0.2) is 28.8 Å². The minimum absolute atomic E-state index is 0.195. The summed E-state index contributed by atoms with van der Waals surface area (Å²) in [6, 6.07) is 6.65. The van der Waals surface area contributed by atoms with Crippen molar-refractivity contribution >= 4 is 17.7 Å². The molecular weight excluding hydrogens is 232 g/mol. The Balaban J connectivity index is 2.25. The Labute approximate surface area is 105 Å². The van der Waals surface area contributed by atoms with Crippen LogP contribution in [0.3, 0.4) is 0 Å². The Hall–Kier alpha value is -2.17. The Morgan fingerprint density at radius 3 is 2.17 bits per heavy atom. The molecule has 3 amide bonds. The predicted octanol–water partition coefficient (Wildman–Crippen LogP) is 1.15. The van der Waals surface area contributed by atoms with Crippen molar-refractivity contribution < 1.29 is 14.4 Å². The normalized spacial score (nSPS) is 15.6. The van der Waals surface area contributed by atoms with Gasteiger partial charge in [0.1, 0.15) is 6.17 Å². The van der Waals surface area contributed by atoms with Crippen LogP contribution in [0, 0.1) is 0 Å².